The molecule has 92 valence electrons. The number of benzene rings is 1. The average molecular weight is 233 g/mol. The minimum atomic E-state index is 0.689. The molecule has 0 aromatic heterocycles. The van der Waals surface area contributed by atoms with E-state index >= 15 is 0 Å². The number of hydrogen-bond acceptors (Lipinski definition) is 3. The SMILES string of the molecule is CCOc1ccc(N=NN2CCCCC2)cc1. The molecule has 1 saturated heterocycles. The van der Waals surface area contributed by atoms with Gasteiger partial charge in [0.05, 0.1) is 12.3 Å². The minimum Gasteiger partial charge on any atom is -0.494 e. The maximum Gasteiger partial charge on any atom is 0.119 e. The van der Waals surface area contributed by atoms with Gasteiger partial charge in [0.2, 0.25) is 0 Å². The van der Waals surface area contributed by atoms with Crippen molar-refractivity contribution in [1.29, 1.82) is 0 Å². The Hall–Kier alpha value is -1.58. The number of ether oxygens (including phenoxy) is 1. The molecule has 2 rings (SSSR count). The van der Waals surface area contributed by atoms with Crippen molar-refractivity contribution in [2.24, 2.45) is 10.3 Å². The van der Waals surface area contributed by atoms with Crippen LogP contribution < -0.4 is 4.74 Å². The molecule has 4 heteroatoms. The zero-order valence-corrected chi connectivity index (χ0v) is 10.3. The van der Waals surface area contributed by atoms with Crippen molar-refractivity contribution in [3.05, 3.63) is 24.3 Å². The zero-order chi connectivity index (χ0) is 11.9. The predicted octanol–water partition coefficient (Wildman–Crippen LogP) is 3.57. The van der Waals surface area contributed by atoms with Crippen molar-refractivity contribution in [2.45, 2.75) is 26.2 Å². The van der Waals surface area contributed by atoms with E-state index in [9.17, 15) is 0 Å². The van der Waals surface area contributed by atoms with Crippen molar-refractivity contribution in [3.63, 3.8) is 0 Å². The van der Waals surface area contributed by atoms with Crippen LogP contribution in [0.5, 0.6) is 5.75 Å². The highest BCUT2D eigenvalue weighted by molar-refractivity contribution is 5.40. The Labute approximate surface area is 102 Å². The Kier molecular flexibility index (Phi) is 4.36. The highest BCUT2D eigenvalue weighted by Crippen LogP contribution is 2.19. The van der Waals surface area contributed by atoms with E-state index in [0.717, 1.165) is 24.5 Å². The summed E-state index contributed by atoms with van der Waals surface area (Å²) in [6.07, 6.45) is 3.76. The lowest BCUT2D eigenvalue weighted by molar-refractivity contribution is 0.224. The Morgan fingerprint density at radius 3 is 2.47 bits per heavy atom. The van der Waals surface area contributed by atoms with Gasteiger partial charge in [-0.3, -0.25) is 5.01 Å². The first-order valence-corrected chi connectivity index (χ1v) is 6.28. The van der Waals surface area contributed by atoms with Crippen molar-refractivity contribution >= 4 is 5.69 Å². The molecule has 0 atom stereocenters. The van der Waals surface area contributed by atoms with Crippen LogP contribution in [0.1, 0.15) is 26.2 Å². The molecule has 1 heterocycles. The molecule has 1 aromatic rings. The van der Waals surface area contributed by atoms with Gasteiger partial charge in [0.15, 0.2) is 0 Å². The summed E-state index contributed by atoms with van der Waals surface area (Å²) in [7, 11) is 0. The third kappa shape index (κ3) is 3.73. The molecule has 0 spiro atoms. The second kappa shape index (κ2) is 6.23. The summed E-state index contributed by atoms with van der Waals surface area (Å²) < 4.78 is 5.37. The summed E-state index contributed by atoms with van der Waals surface area (Å²) in [5, 5.41) is 10.5. The summed E-state index contributed by atoms with van der Waals surface area (Å²) in [6.45, 7) is 4.72. The molecular weight excluding hydrogens is 214 g/mol. The van der Waals surface area contributed by atoms with Crippen LogP contribution in [0.15, 0.2) is 34.6 Å². The Morgan fingerprint density at radius 1 is 1.12 bits per heavy atom. The summed E-state index contributed by atoms with van der Waals surface area (Å²) >= 11 is 0. The monoisotopic (exact) mass is 233 g/mol. The lowest BCUT2D eigenvalue weighted by atomic mass is 10.2. The largest absolute Gasteiger partial charge is 0.494 e. The number of hydrogen-bond donors (Lipinski definition) is 0. The molecule has 1 aromatic carbocycles. The van der Waals surface area contributed by atoms with E-state index in [1.165, 1.54) is 19.3 Å². The lowest BCUT2D eigenvalue weighted by Crippen LogP contribution is -2.23. The smallest absolute Gasteiger partial charge is 0.119 e. The average Bonchev–Trinajstić information content (AvgIpc) is 2.40. The Bertz CT molecular complexity index is 355. The first kappa shape index (κ1) is 11.9. The van der Waals surface area contributed by atoms with Crippen LogP contribution in [-0.2, 0) is 0 Å². The number of nitrogens with zero attached hydrogens (tertiary/aromatic N) is 3. The molecule has 0 amide bonds. The van der Waals surface area contributed by atoms with Gasteiger partial charge in [-0.05, 0) is 50.5 Å². The highest BCUT2D eigenvalue weighted by atomic mass is 16.5. The van der Waals surface area contributed by atoms with Crippen molar-refractivity contribution in [1.82, 2.24) is 5.01 Å². The standard InChI is InChI=1S/C13H19N3O/c1-2-17-13-8-6-12(7-9-13)14-15-16-10-4-3-5-11-16/h6-9H,2-5,10-11H2,1H3. The maximum atomic E-state index is 5.37. The third-order valence-corrected chi connectivity index (χ3v) is 2.77. The van der Waals surface area contributed by atoms with Crippen LogP contribution in [-0.4, -0.2) is 24.7 Å². The molecule has 0 radical (unpaired) electrons. The lowest BCUT2D eigenvalue weighted by Gasteiger charge is -2.21. The minimum absolute atomic E-state index is 0.689. The van der Waals surface area contributed by atoms with Crippen LogP contribution in [0.2, 0.25) is 0 Å². The van der Waals surface area contributed by atoms with Crippen LogP contribution in [0.4, 0.5) is 5.69 Å². The van der Waals surface area contributed by atoms with Gasteiger partial charge in [-0.1, -0.05) is 5.22 Å². The molecule has 4 nitrogen and oxygen atoms in total. The summed E-state index contributed by atoms with van der Waals surface area (Å²) in [4.78, 5) is 0. The summed E-state index contributed by atoms with van der Waals surface area (Å²) in [5.74, 6) is 0.879. The highest BCUT2D eigenvalue weighted by Gasteiger charge is 2.06. The molecule has 0 N–H and O–H groups in total. The van der Waals surface area contributed by atoms with Crippen LogP contribution >= 0.6 is 0 Å². The fourth-order valence-corrected chi connectivity index (χ4v) is 1.86. The van der Waals surface area contributed by atoms with E-state index < -0.39 is 0 Å². The van der Waals surface area contributed by atoms with E-state index in [-0.39, 0.29) is 0 Å². The molecule has 1 fully saturated rings. The molecule has 0 saturated carbocycles. The van der Waals surface area contributed by atoms with Crippen molar-refractivity contribution < 1.29 is 4.74 Å². The quantitative estimate of drug-likeness (QED) is 0.745. The number of piperidine rings is 1. The van der Waals surface area contributed by atoms with Crippen LogP contribution in [0, 0.1) is 0 Å². The first-order valence-electron chi connectivity index (χ1n) is 6.28. The predicted molar refractivity (Wildman–Crippen MR) is 67.6 cm³/mol. The van der Waals surface area contributed by atoms with Crippen molar-refractivity contribution in [3.8, 4) is 5.75 Å². The van der Waals surface area contributed by atoms with Gasteiger partial charge in [0.1, 0.15) is 5.75 Å². The molecule has 17 heavy (non-hydrogen) atoms. The second-order valence-electron chi connectivity index (χ2n) is 4.13. The molecular formula is C13H19N3O. The van der Waals surface area contributed by atoms with E-state index in [0.29, 0.717) is 6.61 Å². The van der Waals surface area contributed by atoms with E-state index in [2.05, 4.69) is 10.3 Å². The molecule has 1 aliphatic heterocycles. The summed E-state index contributed by atoms with van der Waals surface area (Å²) in [5.41, 5.74) is 0.874. The normalized spacial score (nSPS) is 16.4. The molecule has 0 bridgehead atoms. The fraction of sp³-hybridized carbons (Fsp3) is 0.538. The van der Waals surface area contributed by atoms with Gasteiger partial charge in [-0.2, -0.15) is 0 Å². The Balaban J connectivity index is 1.91. The van der Waals surface area contributed by atoms with Gasteiger partial charge in [0, 0.05) is 13.1 Å². The van der Waals surface area contributed by atoms with E-state index in [4.69, 9.17) is 4.74 Å². The van der Waals surface area contributed by atoms with Crippen LogP contribution in [0.3, 0.4) is 0 Å². The number of rotatable bonds is 4. The second-order valence-corrected chi connectivity index (χ2v) is 4.13. The zero-order valence-electron chi connectivity index (χ0n) is 10.3. The summed E-state index contributed by atoms with van der Waals surface area (Å²) in [6, 6.07) is 7.71. The van der Waals surface area contributed by atoms with Gasteiger partial charge in [-0.15, -0.1) is 5.11 Å². The van der Waals surface area contributed by atoms with Gasteiger partial charge in [-0.25, -0.2) is 0 Å². The van der Waals surface area contributed by atoms with Crippen molar-refractivity contribution in [2.75, 3.05) is 19.7 Å². The maximum absolute atomic E-state index is 5.37. The van der Waals surface area contributed by atoms with Gasteiger partial charge in [0.25, 0.3) is 0 Å². The van der Waals surface area contributed by atoms with E-state index in [1.54, 1.807) is 0 Å². The van der Waals surface area contributed by atoms with Gasteiger partial charge >= 0.3 is 0 Å². The third-order valence-electron chi connectivity index (χ3n) is 2.77. The van der Waals surface area contributed by atoms with Gasteiger partial charge < -0.3 is 4.74 Å². The fourth-order valence-electron chi connectivity index (χ4n) is 1.86. The Morgan fingerprint density at radius 2 is 1.82 bits per heavy atom. The van der Waals surface area contributed by atoms with E-state index in [1.807, 2.05) is 36.2 Å². The molecule has 1 aliphatic rings. The molecule has 0 unspecified atom stereocenters. The first-order chi connectivity index (χ1) is 8.38. The topological polar surface area (TPSA) is 37.2 Å². The van der Waals surface area contributed by atoms with Crippen LogP contribution in [0.25, 0.3) is 0 Å². The molecule has 0 aliphatic carbocycles.